The van der Waals surface area contributed by atoms with Gasteiger partial charge in [-0.15, -0.1) is 0 Å². The van der Waals surface area contributed by atoms with Crippen LogP contribution in [0.2, 0.25) is 10.0 Å². The molecule has 4 rings (SSSR count). The van der Waals surface area contributed by atoms with Gasteiger partial charge in [0.25, 0.3) is 0 Å². The number of benzene rings is 2. The lowest BCUT2D eigenvalue weighted by Crippen LogP contribution is -2.26. The van der Waals surface area contributed by atoms with Crippen molar-refractivity contribution >= 4 is 29.4 Å². The summed E-state index contributed by atoms with van der Waals surface area (Å²) in [4.78, 5) is 12.6. The summed E-state index contributed by atoms with van der Waals surface area (Å²) < 4.78 is 47.5. The second kappa shape index (κ2) is 11.6. The summed E-state index contributed by atoms with van der Waals surface area (Å²) >= 11 is 12.5. The van der Waals surface area contributed by atoms with Crippen LogP contribution in [0.25, 0.3) is 0 Å². The Kier molecular flexibility index (Phi) is 8.32. The summed E-state index contributed by atoms with van der Waals surface area (Å²) in [5.41, 5.74) is 0.731. The predicted molar refractivity (Wildman–Crippen MR) is 127 cm³/mol. The van der Waals surface area contributed by atoms with E-state index in [1.54, 1.807) is 30.3 Å². The molecule has 7 nitrogen and oxygen atoms in total. The van der Waals surface area contributed by atoms with Crippen molar-refractivity contribution in [2.45, 2.75) is 32.0 Å². The van der Waals surface area contributed by atoms with Gasteiger partial charge in [0, 0.05) is 12.0 Å². The molecule has 1 unspecified atom stereocenters. The number of halogens is 4. The van der Waals surface area contributed by atoms with Crippen molar-refractivity contribution < 1.29 is 37.3 Å². The first kappa shape index (κ1) is 25.8. The molecule has 2 aromatic carbocycles. The molecular formula is C25H21Cl2F2NO6. The standard InChI is InChI=1S/C25H21Cl2F2NO6/c26-19-12-30(32)13-20(27)18(19)11-22(36-25(31)34-17-4-2-1-3-5-17)16-8-9-21(35-24(28)29)23(10-16)33-14-15-6-7-15/h1-5,8-10,12-13,15,22,24H,6-7,11,14H2. The molecule has 1 aliphatic carbocycles. The van der Waals surface area contributed by atoms with E-state index in [0.29, 0.717) is 28.4 Å². The largest absolute Gasteiger partial charge is 0.619 e. The van der Waals surface area contributed by atoms with E-state index in [1.807, 2.05) is 0 Å². The normalized spacial score (nSPS) is 13.8. The minimum atomic E-state index is -3.05. The van der Waals surface area contributed by atoms with Crippen molar-refractivity contribution in [2.24, 2.45) is 5.92 Å². The third-order valence-electron chi connectivity index (χ3n) is 5.36. The summed E-state index contributed by atoms with van der Waals surface area (Å²) in [7, 11) is 0. The van der Waals surface area contributed by atoms with Crippen molar-refractivity contribution in [2.75, 3.05) is 6.61 Å². The van der Waals surface area contributed by atoms with E-state index in [9.17, 15) is 18.8 Å². The first-order valence-electron chi connectivity index (χ1n) is 11.0. The minimum absolute atomic E-state index is 0.0422. The Balaban J connectivity index is 1.64. The van der Waals surface area contributed by atoms with Gasteiger partial charge in [-0.05, 0) is 48.6 Å². The first-order chi connectivity index (χ1) is 17.3. The lowest BCUT2D eigenvalue weighted by atomic mass is 10.0. The molecule has 1 fully saturated rings. The van der Waals surface area contributed by atoms with Gasteiger partial charge in [-0.3, -0.25) is 0 Å². The average Bonchev–Trinajstić information content (AvgIpc) is 3.65. The number of carbonyl (C=O) groups excluding carboxylic acids is 1. The van der Waals surface area contributed by atoms with Crippen LogP contribution in [0.4, 0.5) is 13.6 Å². The van der Waals surface area contributed by atoms with E-state index < -0.39 is 18.9 Å². The van der Waals surface area contributed by atoms with Gasteiger partial charge in [0.2, 0.25) is 0 Å². The smallest absolute Gasteiger partial charge is 0.514 e. The molecule has 1 aliphatic rings. The van der Waals surface area contributed by atoms with Crippen LogP contribution in [0, 0.1) is 11.1 Å². The van der Waals surface area contributed by atoms with E-state index in [-0.39, 0.29) is 33.7 Å². The van der Waals surface area contributed by atoms with E-state index >= 15 is 0 Å². The molecule has 0 amide bonds. The molecular weight excluding hydrogens is 519 g/mol. The second-order valence-electron chi connectivity index (χ2n) is 8.11. The van der Waals surface area contributed by atoms with Crippen LogP contribution in [-0.2, 0) is 11.2 Å². The molecule has 0 N–H and O–H groups in total. The second-order valence-corrected chi connectivity index (χ2v) is 8.92. The Hall–Kier alpha value is -3.30. The molecule has 1 aromatic heterocycles. The monoisotopic (exact) mass is 539 g/mol. The average molecular weight is 540 g/mol. The number of alkyl halides is 2. The highest BCUT2D eigenvalue weighted by Gasteiger charge is 2.27. The molecule has 11 heteroatoms. The fourth-order valence-electron chi connectivity index (χ4n) is 3.39. The molecule has 3 aromatic rings. The van der Waals surface area contributed by atoms with Crippen LogP contribution < -0.4 is 18.9 Å². The van der Waals surface area contributed by atoms with Gasteiger partial charge in [0.15, 0.2) is 23.9 Å². The van der Waals surface area contributed by atoms with Gasteiger partial charge in [0.1, 0.15) is 21.9 Å². The minimum Gasteiger partial charge on any atom is -0.619 e. The molecule has 1 atom stereocenters. The number of hydrogen-bond acceptors (Lipinski definition) is 6. The maximum atomic E-state index is 12.9. The van der Waals surface area contributed by atoms with Crippen LogP contribution in [0.15, 0.2) is 60.9 Å². The maximum absolute atomic E-state index is 12.9. The number of carbonyl (C=O) groups is 1. The van der Waals surface area contributed by atoms with Gasteiger partial charge < -0.3 is 24.2 Å². The number of hydrogen-bond donors (Lipinski definition) is 0. The summed E-state index contributed by atoms with van der Waals surface area (Å²) in [6.45, 7) is -2.71. The Morgan fingerprint density at radius 3 is 2.39 bits per heavy atom. The van der Waals surface area contributed by atoms with Gasteiger partial charge >= 0.3 is 12.8 Å². The molecule has 1 saturated carbocycles. The Morgan fingerprint density at radius 1 is 1.06 bits per heavy atom. The molecule has 0 aliphatic heterocycles. The van der Waals surface area contributed by atoms with Gasteiger partial charge in [0.05, 0.1) is 6.61 Å². The van der Waals surface area contributed by atoms with Gasteiger partial charge in [-0.1, -0.05) is 47.5 Å². The molecule has 0 spiro atoms. The van der Waals surface area contributed by atoms with E-state index in [4.69, 9.17) is 37.4 Å². The zero-order valence-electron chi connectivity index (χ0n) is 18.7. The third-order valence-corrected chi connectivity index (χ3v) is 6.01. The van der Waals surface area contributed by atoms with Crippen LogP contribution in [-0.4, -0.2) is 19.4 Å². The number of ether oxygens (including phenoxy) is 4. The van der Waals surface area contributed by atoms with Crippen molar-refractivity contribution in [3.63, 3.8) is 0 Å². The topological polar surface area (TPSA) is 80.9 Å². The lowest BCUT2D eigenvalue weighted by molar-refractivity contribution is -0.605. The van der Waals surface area contributed by atoms with E-state index in [1.165, 1.54) is 18.2 Å². The lowest BCUT2D eigenvalue weighted by Gasteiger charge is -2.21. The molecule has 36 heavy (non-hydrogen) atoms. The summed E-state index contributed by atoms with van der Waals surface area (Å²) in [6, 6.07) is 12.5. The number of aromatic nitrogens is 1. The molecule has 0 radical (unpaired) electrons. The Bertz CT molecular complexity index is 1190. The van der Waals surface area contributed by atoms with Crippen molar-refractivity contribution in [1.82, 2.24) is 0 Å². The van der Waals surface area contributed by atoms with Gasteiger partial charge in [-0.2, -0.15) is 13.5 Å². The third kappa shape index (κ3) is 7.11. The molecule has 0 saturated heterocycles. The highest BCUT2D eigenvalue weighted by atomic mass is 35.5. The highest BCUT2D eigenvalue weighted by molar-refractivity contribution is 6.35. The maximum Gasteiger partial charge on any atom is 0.514 e. The van der Waals surface area contributed by atoms with Crippen molar-refractivity contribution in [3.8, 4) is 17.2 Å². The van der Waals surface area contributed by atoms with Crippen molar-refractivity contribution in [1.29, 1.82) is 0 Å². The molecule has 0 bridgehead atoms. The van der Waals surface area contributed by atoms with Crippen LogP contribution in [0.5, 0.6) is 17.2 Å². The van der Waals surface area contributed by atoms with Gasteiger partial charge in [-0.25, -0.2) is 4.79 Å². The van der Waals surface area contributed by atoms with Crippen LogP contribution in [0.3, 0.4) is 0 Å². The van der Waals surface area contributed by atoms with Crippen LogP contribution in [0.1, 0.15) is 30.1 Å². The van der Waals surface area contributed by atoms with E-state index in [2.05, 4.69) is 4.74 Å². The SMILES string of the molecule is O=C(Oc1ccccc1)OC(Cc1c(Cl)c[n+]([O-])cc1Cl)c1ccc(OC(F)F)c(OCC2CC2)c1. The molecule has 1 heterocycles. The quantitative estimate of drug-likeness (QED) is 0.126. The number of rotatable bonds is 10. The molecule has 190 valence electrons. The van der Waals surface area contributed by atoms with Crippen LogP contribution >= 0.6 is 23.2 Å². The number of para-hydroxylation sites is 1. The summed E-state index contributed by atoms with van der Waals surface area (Å²) in [5, 5.41) is 11.8. The van der Waals surface area contributed by atoms with E-state index in [0.717, 1.165) is 25.2 Å². The zero-order valence-corrected chi connectivity index (χ0v) is 20.3. The Morgan fingerprint density at radius 2 is 1.75 bits per heavy atom. The predicted octanol–water partition coefficient (Wildman–Crippen LogP) is 6.52. The highest BCUT2D eigenvalue weighted by Crippen LogP contribution is 2.38. The van der Waals surface area contributed by atoms with Crippen molar-refractivity contribution in [3.05, 3.63) is 87.3 Å². The zero-order chi connectivity index (χ0) is 25.7. The Labute approximate surface area is 215 Å². The summed E-state index contributed by atoms with van der Waals surface area (Å²) in [5.74, 6) is 0.538. The fraction of sp³-hybridized carbons (Fsp3) is 0.280. The number of nitrogens with zero attached hydrogens (tertiary/aromatic N) is 1. The summed E-state index contributed by atoms with van der Waals surface area (Å²) in [6.07, 6.45) is 2.14. The number of pyridine rings is 1. The fourth-order valence-corrected chi connectivity index (χ4v) is 3.99. The first-order valence-corrected chi connectivity index (χ1v) is 11.8.